The molecule has 192 valence electrons. The number of nitrogens with zero attached hydrogens (tertiary/aromatic N) is 7. The van der Waals surface area contributed by atoms with Crippen molar-refractivity contribution >= 4 is 11.9 Å². The Bertz CT molecular complexity index is 1470. The van der Waals surface area contributed by atoms with Crippen LogP contribution in [-0.4, -0.2) is 55.7 Å². The molecule has 1 aliphatic rings. The van der Waals surface area contributed by atoms with Gasteiger partial charge in [0.15, 0.2) is 0 Å². The van der Waals surface area contributed by atoms with E-state index in [1.165, 1.54) is 0 Å². The molecule has 0 aliphatic carbocycles. The number of rotatable bonds is 8. The molecule has 4 aromatic rings. The minimum Gasteiger partial charge on any atom is -0.378 e. The molecule has 5 rings (SSSR count). The minimum absolute atomic E-state index is 0.127. The number of benzene rings is 1. The molecule has 3 aromatic heterocycles. The third-order valence-electron chi connectivity index (χ3n) is 6.00. The quantitative estimate of drug-likeness (QED) is 0.378. The number of pyridine rings is 1. The van der Waals surface area contributed by atoms with Gasteiger partial charge in [0.25, 0.3) is 5.91 Å². The smallest absolute Gasteiger partial charge is 0.255 e. The van der Waals surface area contributed by atoms with Crippen LogP contribution in [0.3, 0.4) is 0 Å². The maximum atomic E-state index is 12.8. The maximum Gasteiger partial charge on any atom is 0.255 e. The van der Waals surface area contributed by atoms with Gasteiger partial charge in [0.2, 0.25) is 5.95 Å². The number of anilines is 1. The molecular weight excluding hydrogens is 484 g/mol. The fraction of sp³-hybridized carbons (Fsp3) is 0.296. The molecule has 1 fully saturated rings. The van der Waals surface area contributed by atoms with Gasteiger partial charge in [-0.05, 0) is 49.6 Å². The average molecular weight is 511 g/mol. The number of carbonyl (C=O) groups excluding carboxylic acids is 1. The molecule has 1 unspecified atom stereocenters. The van der Waals surface area contributed by atoms with Crippen molar-refractivity contribution < 1.29 is 14.3 Å². The van der Waals surface area contributed by atoms with Crippen molar-refractivity contribution in [3.63, 3.8) is 0 Å². The molecule has 1 amide bonds. The molecular formula is C27H26N8O3. The van der Waals surface area contributed by atoms with Gasteiger partial charge in [0.05, 0.1) is 53.8 Å². The third kappa shape index (κ3) is 6.05. The van der Waals surface area contributed by atoms with Crippen LogP contribution >= 0.6 is 0 Å². The van der Waals surface area contributed by atoms with E-state index < -0.39 is 6.10 Å². The molecule has 1 aliphatic heterocycles. The summed E-state index contributed by atoms with van der Waals surface area (Å²) in [5.41, 5.74) is 4.37. The van der Waals surface area contributed by atoms with E-state index in [0.717, 1.165) is 24.2 Å². The van der Waals surface area contributed by atoms with Crippen LogP contribution in [0.25, 0.3) is 22.6 Å². The van der Waals surface area contributed by atoms with E-state index in [-0.39, 0.29) is 11.9 Å². The Morgan fingerprint density at radius 1 is 1.11 bits per heavy atom. The summed E-state index contributed by atoms with van der Waals surface area (Å²) in [6, 6.07) is 16.7. The van der Waals surface area contributed by atoms with Crippen LogP contribution in [0.4, 0.5) is 5.95 Å². The van der Waals surface area contributed by atoms with Crippen molar-refractivity contribution in [2.75, 3.05) is 19.0 Å². The zero-order valence-electron chi connectivity index (χ0n) is 20.9. The van der Waals surface area contributed by atoms with Crippen LogP contribution in [0.5, 0.6) is 0 Å². The Kier molecular flexibility index (Phi) is 7.73. The van der Waals surface area contributed by atoms with Gasteiger partial charge in [-0.1, -0.05) is 23.4 Å². The van der Waals surface area contributed by atoms with Gasteiger partial charge >= 0.3 is 0 Å². The number of carbonyl (C=O) groups is 1. The van der Waals surface area contributed by atoms with E-state index in [1.807, 2.05) is 24.3 Å². The molecule has 1 saturated heterocycles. The second-order valence-corrected chi connectivity index (χ2v) is 8.85. The molecule has 38 heavy (non-hydrogen) atoms. The first-order valence-corrected chi connectivity index (χ1v) is 12.3. The predicted molar refractivity (Wildman–Crippen MR) is 137 cm³/mol. The molecule has 0 saturated carbocycles. The van der Waals surface area contributed by atoms with Gasteiger partial charge in [-0.3, -0.25) is 15.1 Å². The summed E-state index contributed by atoms with van der Waals surface area (Å²) >= 11 is 0. The van der Waals surface area contributed by atoms with Crippen LogP contribution in [0.15, 0.2) is 54.7 Å². The van der Waals surface area contributed by atoms with E-state index in [9.17, 15) is 10.1 Å². The summed E-state index contributed by atoms with van der Waals surface area (Å²) in [7, 11) is 1.63. The molecule has 11 heteroatoms. The average Bonchev–Trinajstić information content (AvgIpc) is 3.42. The number of hydrogen-bond acceptors (Lipinski definition) is 9. The SMILES string of the molecule is COCc1cccc(Cn2cc(-c3cc(-c4cccc(C#N)c4)nc(NC(=O)C4CCCCO4)n3)nn2)n1. The fourth-order valence-corrected chi connectivity index (χ4v) is 4.17. The summed E-state index contributed by atoms with van der Waals surface area (Å²) < 4.78 is 12.4. The first-order valence-electron chi connectivity index (χ1n) is 12.3. The highest BCUT2D eigenvalue weighted by Crippen LogP contribution is 2.25. The molecule has 0 spiro atoms. The van der Waals surface area contributed by atoms with Crippen molar-refractivity contribution in [2.45, 2.75) is 38.5 Å². The zero-order chi connectivity index (χ0) is 26.3. The Labute approximate surface area is 219 Å². The Balaban J connectivity index is 1.45. The zero-order valence-corrected chi connectivity index (χ0v) is 20.9. The first kappa shape index (κ1) is 25.1. The van der Waals surface area contributed by atoms with Crippen LogP contribution in [0.2, 0.25) is 0 Å². The number of methoxy groups -OCH3 is 1. The lowest BCUT2D eigenvalue weighted by Crippen LogP contribution is -2.33. The summed E-state index contributed by atoms with van der Waals surface area (Å²) in [5.74, 6) is -0.160. The van der Waals surface area contributed by atoms with Crippen LogP contribution < -0.4 is 5.32 Å². The highest BCUT2D eigenvalue weighted by molar-refractivity contribution is 5.93. The van der Waals surface area contributed by atoms with Crippen molar-refractivity contribution in [2.24, 2.45) is 0 Å². The third-order valence-corrected chi connectivity index (χ3v) is 6.00. The fourth-order valence-electron chi connectivity index (χ4n) is 4.17. The monoisotopic (exact) mass is 510 g/mol. The topological polar surface area (TPSA) is 141 Å². The van der Waals surface area contributed by atoms with E-state index in [4.69, 9.17) is 9.47 Å². The van der Waals surface area contributed by atoms with Crippen LogP contribution in [0.1, 0.15) is 36.2 Å². The lowest BCUT2D eigenvalue weighted by atomic mass is 10.1. The van der Waals surface area contributed by atoms with Crippen molar-refractivity contribution in [3.8, 4) is 28.7 Å². The van der Waals surface area contributed by atoms with Gasteiger partial charge in [-0.2, -0.15) is 5.26 Å². The van der Waals surface area contributed by atoms with Gasteiger partial charge in [0, 0.05) is 19.3 Å². The number of nitriles is 1. The molecule has 0 radical (unpaired) electrons. The number of hydrogen-bond donors (Lipinski definition) is 1. The van der Waals surface area contributed by atoms with Crippen molar-refractivity contribution in [1.82, 2.24) is 29.9 Å². The summed E-state index contributed by atoms with van der Waals surface area (Å²) in [6.07, 6.45) is 3.74. The van der Waals surface area contributed by atoms with Gasteiger partial charge < -0.3 is 9.47 Å². The lowest BCUT2D eigenvalue weighted by Gasteiger charge is -2.21. The normalized spacial score (nSPS) is 15.1. The predicted octanol–water partition coefficient (Wildman–Crippen LogP) is 3.37. The molecule has 11 nitrogen and oxygen atoms in total. The van der Waals surface area contributed by atoms with E-state index in [1.54, 1.807) is 42.3 Å². The molecule has 1 atom stereocenters. The molecule has 1 aromatic carbocycles. The maximum absolute atomic E-state index is 12.8. The molecule has 0 bridgehead atoms. The van der Waals surface area contributed by atoms with Gasteiger partial charge in [-0.25, -0.2) is 14.6 Å². The van der Waals surface area contributed by atoms with E-state index >= 15 is 0 Å². The van der Waals surface area contributed by atoms with Crippen molar-refractivity contribution in [3.05, 3.63) is 71.7 Å². The van der Waals surface area contributed by atoms with Crippen molar-refractivity contribution in [1.29, 1.82) is 5.26 Å². The van der Waals surface area contributed by atoms with E-state index in [2.05, 4.69) is 36.7 Å². The summed E-state index contributed by atoms with van der Waals surface area (Å²) in [5, 5.41) is 20.7. The number of nitrogens with one attached hydrogen (secondary N) is 1. The standard InChI is InChI=1S/C27H26N8O3/c1-37-17-21-9-5-8-20(29-21)15-35-16-24(33-34-35)23-13-22(19-7-4-6-18(12-19)14-28)30-27(31-23)32-26(36)25-10-2-3-11-38-25/h4-9,12-13,16,25H,2-3,10-11,15,17H2,1H3,(H,30,31,32,36). The van der Waals surface area contributed by atoms with Crippen LogP contribution in [-0.2, 0) is 27.4 Å². The largest absolute Gasteiger partial charge is 0.378 e. The summed E-state index contributed by atoms with van der Waals surface area (Å²) in [4.78, 5) is 26.5. The second kappa shape index (κ2) is 11.7. The van der Waals surface area contributed by atoms with Gasteiger partial charge in [0.1, 0.15) is 11.8 Å². The molecule has 1 N–H and O–H groups in total. The minimum atomic E-state index is -0.538. The Morgan fingerprint density at radius 3 is 2.76 bits per heavy atom. The summed E-state index contributed by atoms with van der Waals surface area (Å²) in [6.45, 7) is 1.39. The second-order valence-electron chi connectivity index (χ2n) is 8.85. The van der Waals surface area contributed by atoms with Gasteiger partial charge in [-0.15, -0.1) is 5.10 Å². The number of amides is 1. The Hall–Kier alpha value is -4.53. The Morgan fingerprint density at radius 2 is 1.95 bits per heavy atom. The van der Waals surface area contributed by atoms with Crippen LogP contribution in [0, 0.1) is 11.3 Å². The highest BCUT2D eigenvalue weighted by Gasteiger charge is 2.23. The number of ether oxygens (including phenoxy) is 2. The highest BCUT2D eigenvalue weighted by atomic mass is 16.5. The lowest BCUT2D eigenvalue weighted by molar-refractivity contribution is -0.130. The molecule has 4 heterocycles. The van der Waals surface area contributed by atoms with E-state index in [0.29, 0.717) is 54.4 Å². The first-order chi connectivity index (χ1) is 18.6. The number of aromatic nitrogens is 6.